The third-order valence-electron chi connectivity index (χ3n) is 7.57. The first kappa shape index (κ1) is 27.2. The Balaban J connectivity index is 1.64. The van der Waals surface area contributed by atoms with E-state index in [-0.39, 0.29) is 30.3 Å². The predicted molar refractivity (Wildman–Crippen MR) is 136 cm³/mol. The van der Waals surface area contributed by atoms with E-state index >= 15 is 0 Å². The Hall–Kier alpha value is -2.38. The maximum atomic E-state index is 12.7. The molecule has 2 fully saturated rings. The highest BCUT2D eigenvalue weighted by atomic mass is 16.6. The summed E-state index contributed by atoms with van der Waals surface area (Å²) in [5, 5.41) is 14.5. The highest BCUT2D eigenvalue weighted by Gasteiger charge is 2.41. The van der Waals surface area contributed by atoms with Crippen LogP contribution in [0.15, 0.2) is 36.9 Å². The summed E-state index contributed by atoms with van der Waals surface area (Å²) in [5.74, 6) is 0.274. The number of nitrogens with zero attached hydrogens (tertiary/aromatic N) is 1. The van der Waals surface area contributed by atoms with Crippen LogP contribution in [-0.2, 0) is 15.1 Å². The number of ether oxygens (including phenoxy) is 2. The minimum absolute atomic E-state index is 0.127. The number of carbonyl (C=O) groups excluding carboxylic acids is 2. The summed E-state index contributed by atoms with van der Waals surface area (Å²) in [5.41, 5.74) is -0.451. The van der Waals surface area contributed by atoms with Crippen LogP contribution in [-0.4, -0.2) is 55.9 Å². The van der Waals surface area contributed by atoms with Crippen molar-refractivity contribution in [1.82, 2.24) is 10.2 Å². The first-order valence-corrected chi connectivity index (χ1v) is 13.0. The average molecular weight is 487 g/mol. The van der Waals surface area contributed by atoms with Gasteiger partial charge in [0.1, 0.15) is 12.4 Å². The molecule has 7 nitrogen and oxygen atoms in total. The van der Waals surface area contributed by atoms with Gasteiger partial charge in [-0.05, 0) is 62.9 Å². The van der Waals surface area contributed by atoms with Gasteiger partial charge in [-0.15, -0.1) is 0 Å². The number of aliphatic hydroxyl groups is 1. The summed E-state index contributed by atoms with van der Waals surface area (Å²) in [7, 11) is 4.05. The monoisotopic (exact) mass is 486 g/mol. The molecule has 2 N–H and O–H groups in total. The van der Waals surface area contributed by atoms with Crippen molar-refractivity contribution in [2.45, 2.75) is 69.8 Å². The molecular formula is C28H42N2O5. The second-order valence-corrected chi connectivity index (χ2v) is 10.6. The molecule has 1 amide bonds. The van der Waals surface area contributed by atoms with Crippen molar-refractivity contribution in [2.75, 3.05) is 33.8 Å². The third kappa shape index (κ3) is 7.55. The highest BCUT2D eigenvalue weighted by molar-refractivity contribution is 5.72. The van der Waals surface area contributed by atoms with Gasteiger partial charge in [-0.25, -0.2) is 4.79 Å². The molecule has 0 aromatic heterocycles. The lowest BCUT2D eigenvalue weighted by molar-refractivity contribution is -0.145. The van der Waals surface area contributed by atoms with E-state index in [4.69, 9.17) is 9.47 Å². The van der Waals surface area contributed by atoms with Crippen LogP contribution in [0.3, 0.4) is 0 Å². The minimum Gasteiger partial charge on any atom is -0.461 e. The maximum absolute atomic E-state index is 12.7. The lowest BCUT2D eigenvalue weighted by atomic mass is 9.71. The Morgan fingerprint density at radius 2 is 1.91 bits per heavy atom. The number of nitrogens with one attached hydrogen (secondary N) is 1. The van der Waals surface area contributed by atoms with Crippen molar-refractivity contribution in [3.8, 4) is 5.75 Å². The number of hydrogen-bond donors (Lipinski definition) is 2. The molecule has 2 aliphatic rings. The van der Waals surface area contributed by atoms with Gasteiger partial charge in [-0.2, -0.15) is 0 Å². The van der Waals surface area contributed by atoms with E-state index in [2.05, 4.69) is 16.8 Å². The molecule has 0 heterocycles. The summed E-state index contributed by atoms with van der Waals surface area (Å²) in [6, 6.07) is 7.27. The number of rotatable bonds is 10. The van der Waals surface area contributed by atoms with Crippen LogP contribution < -0.4 is 10.1 Å². The molecule has 0 radical (unpaired) electrons. The van der Waals surface area contributed by atoms with E-state index < -0.39 is 11.7 Å². The van der Waals surface area contributed by atoms with E-state index in [9.17, 15) is 14.7 Å². The fourth-order valence-corrected chi connectivity index (χ4v) is 5.75. The van der Waals surface area contributed by atoms with E-state index in [1.165, 1.54) is 0 Å². The number of esters is 1. The van der Waals surface area contributed by atoms with Gasteiger partial charge >= 0.3 is 12.1 Å². The molecule has 0 spiro atoms. The summed E-state index contributed by atoms with van der Waals surface area (Å²) >= 11 is 0. The zero-order chi connectivity index (χ0) is 25.3. The van der Waals surface area contributed by atoms with Gasteiger partial charge in [-0.3, -0.25) is 4.79 Å². The standard InChI is InChI=1S/C28H42N2O5/c1-4-17-34-25(31)19-27(14-7-5-8-15-27)21-29-26(32)35-24-13-10-12-22(18-24)28(33)16-9-6-11-23(28)20-30(2)3/h4,10,12-13,18,23,33H,1,5-9,11,14-17,19-21H2,2-3H3,(H,29,32)/t23-,28+/m1/s1. The summed E-state index contributed by atoms with van der Waals surface area (Å²) < 4.78 is 10.8. The average Bonchev–Trinajstić information content (AvgIpc) is 2.83. The van der Waals surface area contributed by atoms with E-state index in [0.29, 0.717) is 18.7 Å². The highest BCUT2D eigenvalue weighted by Crippen LogP contribution is 2.43. The summed E-state index contributed by atoms with van der Waals surface area (Å²) in [6.45, 7) is 4.95. The number of hydrogen-bond acceptors (Lipinski definition) is 6. The molecule has 0 unspecified atom stereocenters. The van der Waals surface area contributed by atoms with Gasteiger partial charge in [0.15, 0.2) is 0 Å². The van der Waals surface area contributed by atoms with Crippen LogP contribution in [0.4, 0.5) is 4.79 Å². The Labute approximate surface area is 209 Å². The summed E-state index contributed by atoms with van der Waals surface area (Å²) in [6.07, 6.45) is 9.97. The van der Waals surface area contributed by atoms with Crippen molar-refractivity contribution >= 4 is 12.1 Å². The van der Waals surface area contributed by atoms with Crippen molar-refractivity contribution in [3.05, 3.63) is 42.5 Å². The molecular weight excluding hydrogens is 444 g/mol. The molecule has 3 rings (SSSR count). The van der Waals surface area contributed by atoms with Crippen molar-refractivity contribution in [2.24, 2.45) is 11.3 Å². The topological polar surface area (TPSA) is 88.1 Å². The van der Waals surface area contributed by atoms with Gasteiger partial charge in [0.25, 0.3) is 0 Å². The van der Waals surface area contributed by atoms with Crippen LogP contribution >= 0.6 is 0 Å². The van der Waals surface area contributed by atoms with E-state index in [1.54, 1.807) is 18.2 Å². The second-order valence-electron chi connectivity index (χ2n) is 10.6. The van der Waals surface area contributed by atoms with Crippen LogP contribution in [0.5, 0.6) is 5.75 Å². The van der Waals surface area contributed by atoms with Crippen LogP contribution in [0.1, 0.15) is 69.8 Å². The Morgan fingerprint density at radius 1 is 1.17 bits per heavy atom. The first-order valence-electron chi connectivity index (χ1n) is 13.0. The predicted octanol–water partition coefficient (Wildman–Crippen LogP) is 4.78. The first-order chi connectivity index (χ1) is 16.8. The lowest BCUT2D eigenvalue weighted by Gasteiger charge is -2.41. The molecule has 2 aliphatic carbocycles. The Bertz CT molecular complexity index is 865. The molecule has 35 heavy (non-hydrogen) atoms. The van der Waals surface area contributed by atoms with Gasteiger partial charge in [0.2, 0.25) is 0 Å². The molecule has 2 saturated carbocycles. The second kappa shape index (κ2) is 12.5. The zero-order valence-electron chi connectivity index (χ0n) is 21.4. The Kier molecular flexibility index (Phi) is 9.75. The summed E-state index contributed by atoms with van der Waals surface area (Å²) in [4.78, 5) is 27.1. The van der Waals surface area contributed by atoms with Crippen molar-refractivity contribution in [1.29, 1.82) is 0 Å². The van der Waals surface area contributed by atoms with Crippen LogP contribution in [0, 0.1) is 11.3 Å². The van der Waals surface area contributed by atoms with Gasteiger partial charge in [-0.1, -0.05) is 56.9 Å². The fourth-order valence-electron chi connectivity index (χ4n) is 5.75. The molecule has 194 valence electrons. The van der Waals surface area contributed by atoms with Gasteiger partial charge < -0.3 is 24.8 Å². The van der Waals surface area contributed by atoms with Crippen molar-refractivity contribution < 1.29 is 24.2 Å². The van der Waals surface area contributed by atoms with E-state index in [0.717, 1.165) is 63.5 Å². The molecule has 1 aromatic carbocycles. The van der Waals surface area contributed by atoms with Crippen LogP contribution in [0.2, 0.25) is 0 Å². The Morgan fingerprint density at radius 3 is 2.63 bits per heavy atom. The number of amides is 1. The smallest absolute Gasteiger partial charge is 0.412 e. The zero-order valence-corrected chi connectivity index (χ0v) is 21.4. The quantitative estimate of drug-likeness (QED) is 0.365. The van der Waals surface area contributed by atoms with E-state index in [1.807, 2.05) is 26.2 Å². The number of benzene rings is 1. The number of carbonyl (C=O) groups is 2. The third-order valence-corrected chi connectivity index (χ3v) is 7.57. The van der Waals surface area contributed by atoms with Crippen molar-refractivity contribution in [3.63, 3.8) is 0 Å². The molecule has 1 aromatic rings. The maximum Gasteiger partial charge on any atom is 0.412 e. The van der Waals surface area contributed by atoms with Gasteiger partial charge in [0.05, 0.1) is 12.0 Å². The van der Waals surface area contributed by atoms with Crippen LogP contribution in [0.25, 0.3) is 0 Å². The molecule has 0 bridgehead atoms. The molecule has 2 atom stereocenters. The molecule has 0 saturated heterocycles. The molecule has 0 aliphatic heterocycles. The SMILES string of the molecule is C=CCOC(=O)CC1(CNC(=O)Oc2cccc([C@@]3(O)CCCC[C@@H]3CN(C)C)c2)CCCCC1. The molecule has 7 heteroatoms. The normalized spacial score (nSPS) is 23.9. The van der Waals surface area contributed by atoms with Gasteiger partial charge in [0, 0.05) is 19.0 Å². The minimum atomic E-state index is -0.934. The lowest BCUT2D eigenvalue weighted by Crippen LogP contribution is -2.43. The fraction of sp³-hybridized carbons (Fsp3) is 0.643. The largest absolute Gasteiger partial charge is 0.461 e.